The van der Waals surface area contributed by atoms with Crippen LogP contribution in [0.25, 0.3) is 0 Å². The minimum Gasteiger partial charge on any atom is -0.386 e. The van der Waals surface area contributed by atoms with Crippen LogP contribution in [0.5, 0.6) is 0 Å². The number of hydrogen-bond acceptors (Lipinski definition) is 2. The molecule has 0 heterocycles. The summed E-state index contributed by atoms with van der Waals surface area (Å²) in [5.41, 5.74) is -0.897. The first kappa shape index (κ1) is 10.1. The number of allylic oxidation sites excluding steroid dienone is 1. The van der Waals surface area contributed by atoms with Crippen molar-refractivity contribution >= 4 is 5.78 Å². The number of carbonyl (C=O) groups is 1. The summed E-state index contributed by atoms with van der Waals surface area (Å²) in [6, 6.07) is 0. The largest absolute Gasteiger partial charge is 0.386 e. The van der Waals surface area contributed by atoms with Crippen LogP contribution in [-0.4, -0.2) is 16.5 Å². The molecule has 2 nitrogen and oxygen atoms in total. The zero-order chi connectivity index (χ0) is 8.91. The smallest absolute Gasteiger partial charge is 0.152 e. The van der Waals surface area contributed by atoms with Gasteiger partial charge >= 0.3 is 0 Å². The van der Waals surface area contributed by atoms with Crippen LogP contribution >= 0.6 is 0 Å². The predicted octanol–water partition coefficient (Wildman–Crippen LogP) is 1.46. The van der Waals surface area contributed by atoms with Gasteiger partial charge in [0.05, 0.1) is 5.60 Å². The predicted molar refractivity (Wildman–Crippen MR) is 45.3 cm³/mol. The molecule has 11 heavy (non-hydrogen) atoms. The van der Waals surface area contributed by atoms with E-state index in [0.29, 0.717) is 6.42 Å². The molecule has 0 fully saturated rings. The van der Waals surface area contributed by atoms with Crippen molar-refractivity contribution < 1.29 is 9.90 Å². The average Bonchev–Trinajstić information content (AvgIpc) is 1.87. The van der Waals surface area contributed by atoms with Crippen molar-refractivity contribution in [2.45, 2.75) is 25.9 Å². The van der Waals surface area contributed by atoms with E-state index in [4.69, 9.17) is 0 Å². The Morgan fingerprint density at radius 3 is 2.64 bits per heavy atom. The molecule has 62 valence electrons. The van der Waals surface area contributed by atoms with E-state index in [9.17, 15) is 9.90 Å². The lowest BCUT2D eigenvalue weighted by molar-refractivity contribution is -0.112. The van der Waals surface area contributed by atoms with Crippen LogP contribution in [0.1, 0.15) is 20.3 Å². The van der Waals surface area contributed by atoms with Gasteiger partial charge in [0.25, 0.3) is 0 Å². The van der Waals surface area contributed by atoms with Gasteiger partial charge in [-0.2, -0.15) is 0 Å². The lowest BCUT2D eigenvalue weighted by atomic mass is 10.0. The molecule has 2 heteroatoms. The summed E-state index contributed by atoms with van der Waals surface area (Å²) in [5.74, 6) is -0.00939. The van der Waals surface area contributed by atoms with Gasteiger partial charge in [-0.05, 0) is 26.3 Å². The summed E-state index contributed by atoms with van der Waals surface area (Å²) in [5, 5.41) is 9.36. The number of hydrogen-bond donors (Lipinski definition) is 1. The van der Waals surface area contributed by atoms with Crippen molar-refractivity contribution in [2.75, 3.05) is 0 Å². The van der Waals surface area contributed by atoms with Crippen molar-refractivity contribution in [3.63, 3.8) is 0 Å². The molecule has 0 amide bonds. The van der Waals surface area contributed by atoms with Crippen LogP contribution in [0.2, 0.25) is 0 Å². The second kappa shape index (κ2) is 4.09. The Morgan fingerprint density at radius 2 is 2.27 bits per heavy atom. The molecule has 0 saturated heterocycles. The number of aliphatic hydroxyl groups is 1. The van der Waals surface area contributed by atoms with Crippen molar-refractivity contribution in [3.05, 3.63) is 24.8 Å². The van der Waals surface area contributed by atoms with Crippen LogP contribution in [0, 0.1) is 0 Å². The van der Waals surface area contributed by atoms with Crippen LogP contribution in [0.3, 0.4) is 0 Å². The fraction of sp³-hybridized carbons (Fsp3) is 0.444. The molecule has 0 aromatic rings. The molecule has 0 aromatic heterocycles. The first-order valence-electron chi connectivity index (χ1n) is 3.51. The van der Waals surface area contributed by atoms with Gasteiger partial charge in [0.15, 0.2) is 5.78 Å². The van der Waals surface area contributed by atoms with Gasteiger partial charge in [0.2, 0.25) is 0 Å². The Balaban J connectivity index is 3.87. The normalized spacial score (nSPS) is 16.3. The van der Waals surface area contributed by atoms with E-state index < -0.39 is 5.60 Å². The van der Waals surface area contributed by atoms with E-state index in [1.807, 2.05) is 0 Å². The van der Waals surface area contributed by atoms with Crippen molar-refractivity contribution in [2.24, 2.45) is 0 Å². The maximum Gasteiger partial charge on any atom is 0.152 e. The van der Waals surface area contributed by atoms with E-state index in [1.165, 1.54) is 19.1 Å². The third-order valence-corrected chi connectivity index (χ3v) is 1.32. The van der Waals surface area contributed by atoms with Gasteiger partial charge in [-0.1, -0.05) is 12.2 Å². The standard InChI is InChI=1S/C9H14O2/c1-4-9(3,11)7-5-6-8(2)10/h4-6,11H,1,7H2,2-3H3/b6-5+. The Labute approximate surface area is 67.2 Å². The SMILES string of the molecule is C=CC(C)(O)C/C=C/C(C)=O. The van der Waals surface area contributed by atoms with E-state index in [-0.39, 0.29) is 5.78 Å². The minimum atomic E-state index is -0.897. The monoisotopic (exact) mass is 154 g/mol. The summed E-state index contributed by atoms with van der Waals surface area (Å²) < 4.78 is 0. The molecule has 0 aromatic carbocycles. The Kier molecular flexibility index (Phi) is 3.76. The van der Waals surface area contributed by atoms with Crippen LogP contribution in [0.4, 0.5) is 0 Å². The Bertz CT molecular complexity index is 178. The molecule has 1 N–H and O–H groups in total. The van der Waals surface area contributed by atoms with Gasteiger partial charge in [-0.15, -0.1) is 6.58 Å². The van der Waals surface area contributed by atoms with Gasteiger partial charge in [0.1, 0.15) is 0 Å². The van der Waals surface area contributed by atoms with Gasteiger partial charge in [0, 0.05) is 0 Å². The number of carbonyl (C=O) groups excluding carboxylic acids is 1. The molecule has 0 saturated carbocycles. The summed E-state index contributed by atoms with van der Waals surface area (Å²) >= 11 is 0. The molecule has 0 aliphatic heterocycles. The fourth-order valence-corrected chi connectivity index (χ4v) is 0.547. The first-order valence-corrected chi connectivity index (χ1v) is 3.51. The number of ketones is 1. The second-order valence-electron chi connectivity index (χ2n) is 2.78. The lowest BCUT2D eigenvalue weighted by Crippen LogP contribution is -2.18. The topological polar surface area (TPSA) is 37.3 Å². The molecule has 0 aliphatic carbocycles. The lowest BCUT2D eigenvalue weighted by Gasteiger charge is -2.14. The first-order chi connectivity index (χ1) is 4.98. The highest BCUT2D eigenvalue weighted by Crippen LogP contribution is 2.10. The van der Waals surface area contributed by atoms with Crippen LogP contribution in [-0.2, 0) is 4.79 Å². The minimum absolute atomic E-state index is 0.00939. The van der Waals surface area contributed by atoms with E-state index in [2.05, 4.69) is 6.58 Å². The number of rotatable bonds is 4. The van der Waals surface area contributed by atoms with E-state index in [1.54, 1.807) is 13.0 Å². The van der Waals surface area contributed by atoms with Crippen LogP contribution in [0.15, 0.2) is 24.8 Å². The molecule has 0 bridgehead atoms. The zero-order valence-corrected chi connectivity index (χ0v) is 7.00. The summed E-state index contributed by atoms with van der Waals surface area (Å²) in [7, 11) is 0. The van der Waals surface area contributed by atoms with E-state index >= 15 is 0 Å². The summed E-state index contributed by atoms with van der Waals surface area (Å²) in [6.45, 7) is 6.58. The highest BCUT2D eigenvalue weighted by Gasteiger charge is 2.11. The fourth-order valence-electron chi connectivity index (χ4n) is 0.547. The van der Waals surface area contributed by atoms with Crippen molar-refractivity contribution in [1.82, 2.24) is 0 Å². The van der Waals surface area contributed by atoms with Gasteiger partial charge in [-0.25, -0.2) is 0 Å². The summed E-state index contributed by atoms with van der Waals surface area (Å²) in [6.07, 6.45) is 4.97. The van der Waals surface area contributed by atoms with Crippen LogP contribution < -0.4 is 0 Å². The maximum atomic E-state index is 10.4. The Morgan fingerprint density at radius 1 is 1.73 bits per heavy atom. The van der Waals surface area contributed by atoms with E-state index in [0.717, 1.165) is 0 Å². The molecule has 0 rings (SSSR count). The highest BCUT2D eigenvalue weighted by atomic mass is 16.3. The quantitative estimate of drug-likeness (QED) is 0.491. The van der Waals surface area contributed by atoms with Crippen molar-refractivity contribution in [1.29, 1.82) is 0 Å². The van der Waals surface area contributed by atoms with Gasteiger partial charge < -0.3 is 5.11 Å². The van der Waals surface area contributed by atoms with Gasteiger partial charge in [-0.3, -0.25) is 4.79 Å². The molecular weight excluding hydrogens is 140 g/mol. The molecule has 1 atom stereocenters. The molecule has 0 spiro atoms. The molecule has 0 radical (unpaired) electrons. The second-order valence-corrected chi connectivity index (χ2v) is 2.78. The zero-order valence-electron chi connectivity index (χ0n) is 7.00. The average molecular weight is 154 g/mol. The maximum absolute atomic E-state index is 10.4. The molecule has 1 unspecified atom stereocenters. The third kappa shape index (κ3) is 5.55. The third-order valence-electron chi connectivity index (χ3n) is 1.32. The van der Waals surface area contributed by atoms with Crippen molar-refractivity contribution in [3.8, 4) is 0 Å². The molecular formula is C9H14O2. The highest BCUT2D eigenvalue weighted by molar-refractivity contribution is 5.87. The Hall–Kier alpha value is -0.890. The molecule has 0 aliphatic rings. The summed E-state index contributed by atoms with van der Waals surface area (Å²) in [4.78, 5) is 10.4.